The van der Waals surface area contributed by atoms with Gasteiger partial charge in [0, 0.05) is 18.1 Å². The van der Waals surface area contributed by atoms with E-state index in [9.17, 15) is 14.0 Å². The molecule has 0 N–H and O–H groups in total. The van der Waals surface area contributed by atoms with E-state index >= 15 is 0 Å². The topological polar surface area (TPSA) is 40.6 Å². The number of hydrogen-bond donors (Lipinski definition) is 0. The van der Waals surface area contributed by atoms with Gasteiger partial charge in [0.15, 0.2) is 0 Å². The van der Waals surface area contributed by atoms with Gasteiger partial charge in [-0.1, -0.05) is 60.1 Å². The van der Waals surface area contributed by atoms with Crippen LogP contribution in [0.1, 0.15) is 22.3 Å². The largest absolute Gasteiger partial charge is 0.362 e. The number of imide groups is 1. The molecule has 2 amide bonds. The molecule has 2 heterocycles. The second kappa shape index (κ2) is 8.24. The van der Waals surface area contributed by atoms with E-state index < -0.39 is 0 Å². The van der Waals surface area contributed by atoms with E-state index in [0.29, 0.717) is 40.5 Å². The van der Waals surface area contributed by atoms with Crippen molar-refractivity contribution in [3.05, 3.63) is 112 Å². The molecule has 0 unspecified atom stereocenters. The lowest BCUT2D eigenvalue weighted by molar-refractivity contribution is -0.138. The summed E-state index contributed by atoms with van der Waals surface area (Å²) in [5.74, 6) is -1.04. The second-order valence-corrected chi connectivity index (χ2v) is 8.43. The number of carbonyl (C=O) groups is 2. The lowest BCUT2D eigenvalue weighted by Gasteiger charge is -2.31. The number of benzene rings is 3. The quantitative estimate of drug-likeness (QED) is 0.540. The minimum Gasteiger partial charge on any atom is -0.362 e. The van der Waals surface area contributed by atoms with E-state index in [0.717, 1.165) is 12.0 Å². The number of fused-ring (bicyclic) bond motifs is 1. The number of amides is 2. The lowest BCUT2D eigenvalue weighted by Crippen LogP contribution is -2.37. The molecule has 0 saturated heterocycles. The average Bonchev–Trinajstić information content (AvgIpc) is 3.05. The first-order valence-electron chi connectivity index (χ1n) is 10.4. The molecular weight excluding hydrogens is 427 g/mol. The summed E-state index contributed by atoms with van der Waals surface area (Å²) in [5, 5.41) is 0.558. The Bertz CT molecular complexity index is 1240. The number of rotatable bonds is 4. The first kappa shape index (κ1) is 20.5. The van der Waals surface area contributed by atoms with Crippen LogP contribution in [0.4, 0.5) is 4.39 Å². The average molecular weight is 447 g/mol. The fraction of sp³-hybridized carbons (Fsp3) is 0.154. The summed E-state index contributed by atoms with van der Waals surface area (Å²) in [6, 6.07) is 21.0. The van der Waals surface area contributed by atoms with Crippen LogP contribution in [-0.2, 0) is 29.1 Å². The molecule has 0 atom stereocenters. The van der Waals surface area contributed by atoms with Gasteiger partial charge in [-0.05, 0) is 52.9 Å². The van der Waals surface area contributed by atoms with Crippen molar-refractivity contribution in [2.24, 2.45) is 0 Å². The Hall–Kier alpha value is -3.44. The molecule has 2 aliphatic heterocycles. The normalized spacial score (nSPS) is 16.1. The van der Waals surface area contributed by atoms with Crippen LogP contribution in [0.25, 0.3) is 5.57 Å². The minimum atomic E-state index is -0.361. The van der Waals surface area contributed by atoms with Gasteiger partial charge in [-0.3, -0.25) is 14.5 Å². The summed E-state index contributed by atoms with van der Waals surface area (Å²) in [6.45, 7) is 1.29. The molecule has 0 bridgehead atoms. The molecule has 32 heavy (non-hydrogen) atoms. The van der Waals surface area contributed by atoms with Crippen molar-refractivity contribution < 1.29 is 14.0 Å². The van der Waals surface area contributed by atoms with Gasteiger partial charge in [-0.25, -0.2) is 4.39 Å². The molecule has 0 radical (unpaired) electrons. The predicted octanol–water partition coefficient (Wildman–Crippen LogP) is 4.82. The lowest BCUT2D eigenvalue weighted by atomic mass is 9.98. The number of hydrogen-bond acceptors (Lipinski definition) is 3. The summed E-state index contributed by atoms with van der Waals surface area (Å²) in [7, 11) is 0. The molecule has 4 nitrogen and oxygen atoms in total. The van der Waals surface area contributed by atoms with E-state index in [4.69, 9.17) is 11.6 Å². The van der Waals surface area contributed by atoms with Gasteiger partial charge in [0.1, 0.15) is 11.5 Å². The molecule has 3 aromatic rings. The molecule has 5 rings (SSSR count). The Kier molecular flexibility index (Phi) is 5.27. The van der Waals surface area contributed by atoms with Crippen molar-refractivity contribution in [2.45, 2.75) is 19.5 Å². The van der Waals surface area contributed by atoms with E-state index in [1.165, 1.54) is 22.6 Å². The summed E-state index contributed by atoms with van der Waals surface area (Å²) >= 11 is 6.05. The molecule has 2 aliphatic rings. The highest BCUT2D eigenvalue weighted by Crippen LogP contribution is 2.35. The third-order valence-corrected chi connectivity index (χ3v) is 6.23. The van der Waals surface area contributed by atoms with Gasteiger partial charge in [0.25, 0.3) is 11.8 Å². The van der Waals surface area contributed by atoms with Gasteiger partial charge in [-0.15, -0.1) is 0 Å². The fourth-order valence-electron chi connectivity index (χ4n) is 4.34. The molecular formula is C26H20ClFN2O2. The van der Waals surface area contributed by atoms with Gasteiger partial charge < -0.3 is 4.90 Å². The Morgan fingerprint density at radius 3 is 2.25 bits per heavy atom. The van der Waals surface area contributed by atoms with E-state index in [2.05, 4.69) is 12.1 Å². The SMILES string of the molecule is O=C1C(c2ccc(Cl)cc2)=C(N2CCc3ccccc3C2)C(=O)N1Cc1ccc(F)cc1. The summed E-state index contributed by atoms with van der Waals surface area (Å²) in [6.07, 6.45) is 0.799. The minimum absolute atomic E-state index is 0.0863. The van der Waals surface area contributed by atoms with Crippen molar-refractivity contribution in [1.29, 1.82) is 0 Å². The van der Waals surface area contributed by atoms with Crippen molar-refractivity contribution in [3.63, 3.8) is 0 Å². The molecule has 0 fully saturated rings. The molecule has 6 heteroatoms. The van der Waals surface area contributed by atoms with Crippen molar-refractivity contribution in [1.82, 2.24) is 9.80 Å². The third-order valence-electron chi connectivity index (χ3n) is 5.98. The molecule has 0 saturated carbocycles. The zero-order valence-corrected chi connectivity index (χ0v) is 18.0. The van der Waals surface area contributed by atoms with Crippen LogP contribution in [0, 0.1) is 5.82 Å². The standard InChI is InChI=1S/C26H20ClFN2O2/c27-21-9-7-19(8-10-21)23-24(29-14-13-18-3-1-2-4-20(18)16-29)26(32)30(25(23)31)15-17-5-11-22(28)12-6-17/h1-12H,13-16H2. The Morgan fingerprint density at radius 2 is 1.53 bits per heavy atom. The molecule has 0 aliphatic carbocycles. The Morgan fingerprint density at radius 1 is 0.844 bits per heavy atom. The maximum absolute atomic E-state index is 13.6. The fourth-order valence-corrected chi connectivity index (χ4v) is 4.46. The summed E-state index contributed by atoms with van der Waals surface area (Å²) in [5.41, 5.74) is 4.55. The zero-order valence-electron chi connectivity index (χ0n) is 17.2. The van der Waals surface area contributed by atoms with Crippen molar-refractivity contribution in [3.8, 4) is 0 Å². The van der Waals surface area contributed by atoms with Crippen LogP contribution >= 0.6 is 11.6 Å². The van der Waals surface area contributed by atoms with E-state index in [1.807, 2.05) is 17.0 Å². The first-order chi connectivity index (χ1) is 15.5. The molecule has 0 aromatic heterocycles. The summed E-state index contributed by atoms with van der Waals surface area (Å²) in [4.78, 5) is 30.3. The highest BCUT2D eigenvalue weighted by atomic mass is 35.5. The smallest absolute Gasteiger partial charge is 0.278 e. The number of nitrogens with zero attached hydrogens (tertiary/aromatic N) is 2. The molecule has 160 valence electrons. The Labute approximate surface area is 190 Å². The highest BCUT2D eigenvalue weighted by molar-refractivity contribution is 6.35. The highest BCUT2D eigenvalue weighted by Gasteiger charge is 2.42. The maximum Gasteiger partial charge on any atom is 0.278 e. The van der Waals surface area contributed by atoms with Crippen LogP contribution in [0.15, 0.2) is 78.5 Å². The van der Waals surface area contributed by atoms with E-state index in [-0.39, 0.29) is 24.2 Å². The molecule has 3 aromatic carbocycles. The Balaban J connectivity index is 1.54. The van der Waals surface area contributed by atoms with Crippen molar-refractivity contribution in [2.75, 3.05) is 6.54 Å². The van der Waals surface area contributed by atoms with Crippen LogP contribution < -0.4 is 0 Å². The van der Waals surface area contributed by atoms with Crippen LogP contribution in [-0.4, -0.2) is 28.2 Å². The number of halogens is 2. The van der Waals surface area contributed by atoms with Crippen LogP contribution in [0.3, 0.4) is 0 Å². The van der Waals surface area contributed by atoms with Crippen LogP contribution in [0.2, 0.25) is 5.02 Å². The van der Waals surface area contributed by atoms with Gasteiger partial charge >= 0.3 is 0 Å². The predicted molar refractivity (Wildman–Crippen MR) is 121 cm³/mol. The van der Waals surface area contributed by atoms with Gasteiger partial charge in [-0.2, -0.15) is 0 Å². The van der Waals surface area contributed by atoms with Crippen molar-refractivity contribution >= 4 is 29.0 Å². The monoisotopic (exact) mass is 446 g/mol. The maximum atomic E-state index is 13.6. The third kappa shape index (κ3) is 3.69. The summed E-state index contributed by atoms with van der Waals surface area (Å²) < 4.78 is 13.3. The van der Waals surface area contributed by atoms with Crippen LogP contribution in [0.5, 0.6) is 0 Å². The van der Waals surface area contributed by atoms with Gasteiger partial charge in [0.05, 0.1) is 12.1 Å². The van der Waals surface area contributed by atoms with E-state index in [1.54, 1.807) is 36.4 Å². The zero-order chi connectivity index (χ0) is 22.2. The molecule has 0 spiro atoms. The number of carbonyl (C=O) groups excluding carboxylic acids is 2. The van der Waals surface area contributed by atoms with Gasteiger partial charge in [0.2, 0.25) is 0 Å². The second-order valence-electron chi connectivity index (χ2n) is 7.99. The first-order valence-corrected chi connectivity index (χ1v) is 10.8.